The lowest BCUT2D eigenvalue weighted by Crippen LogP contribution is -2.40. The van der Waals surface area contributed by atoms with Gasteiger partial charge in [-0.1, -0.05) is 0 Å². The summed E-state index contributed by atoms with van der Waals surface area (Å²) >= 11 is 0. The Labute approximate surface area is 148 Å². The topological polar surface area (TPSA) is 71.1 Å². The van der Waals surface area contributed by atoms with Crippen molar-refractivity contribution in [2.45, 2.75) is 20.3 Å². The standard InChI is InChI=1S/C18H27N3O4/c1-3-24-13-5-10-19-17(22)14-20-11-12-21(18(20)23)15-6-8-16(9-7-15)25-4-2/h6-9H,3-5,10-14H2,1-2H3,(H,19,22). The van der Waals surface area contributed by atoms with E-state index in [1.807, 2.05) is 38.1 Å². The van der Waals surface area contributed by atoms with Gasteiger partial charge in [-0.25, -0.2) is 4.79 Å². The highest BCUT2D eigenvalue weighted by atomic mass is 16.5. The molecular formula is C18H27N3O4. The van der Waals surface area contributed by atoms with Crippen LogP contribution in [0.2, 0.25) is 0 Å². The van der Waals surface area contributed by atoms with Gasteiger partial charge in [-0.15, -0.1) is 0 Å². The first-order valence-electron chi connectivity index (χ1n) is 8.79. The lowest BCUT2D eigenvalue weighted by Gasteiger charge is -2.18. The second-order valence-electron chi connectivity index (χ2n) is 5.68. The highest BCUT2D eigenvalue weighted by molar-refractivity contribution is 5.96. The number of carbonyl (C=O) groups excluding carboxylic acids is 2. The molecule has 0 atom stereocenters. The lowest BCUT2D eigenvalue weighted by molar-refractivity contribution is -0.121. The molecule has 2 rings (SSSR count). The number of hydrogen-bond acceptors (Lipinski definition) is 4. The van der Waals surface area contributed by atoms with Crippen LogP contribution in [0.25, 0.3) is 0 Å². The molecule has 1 aromatic rings. The monoisotopic (exact) mass is 349 g/mol. The van der Waals surface area contributed by atoms with Crippen molar-refractivity contribution in [3.8, 4) is 5.75 Å². The van der Waals surface area contributed by atoms with E-state index in [-0.39, 0.29) is 18.5 Å². The average molecular weight is 349 g/mol. The third kappa shape index (κ3) is 5.63. The number of amides is 3. The molecule has 138 valence electrons. The predicted molar refractivity (Wildman–Crippen MR) is 96.0 cm³/mol. The number of urea groups is 1. The summed E-state index contributed by atoms with van der Waals surface area (Å²) in [4.78, 5) is 27.7. The molecule has 0 unspecified atom stereocenters. The van der Waals surface area contributed by atoms with Crippen LogP contribution in [0.4, 0.5) is 10.5 Å². The van der Waals surface area contributed by atoms with E-state index < -0.39 is 0 Å². The Balaban J connectivity index is 1.79. The highest BCUT2D eigenvalue weighted by Gasteiger charge is 2.30. The minimum absolute atomic E-state index is 0.0843. The Bertz CT molecular complexity index is 562. The van der Waals surface area contributed by atoms with Gasteiger partial charge in [0.2, 0.25) is 5.91 Å². The fraction of sp³-hybridized carbons (Fsp3) is 0.556. The number of hydrogen-bond donors (Lipinski definition) is 1. The van der Waals surface area contributed by atoms with Crippen molar-refractivity contribution >= 4 is 17.6 Å². The van der Waals surface area contributed by atoms with Gasteiger partial charge in [0.05, 0.1) is 6.61 Å². The molecule has 1 aliphatic rings. The van der Waals surface area contributed by atoms with Crippen LogP contribution in [0.3, 0.4) is 0 Å². The summed E-state index contributed by atoms with van der Waals surface area (Å²) in [6.07, 6.45) is 0.770. The van der Waals surface area contributed by atoms with Crippen LogP contribution in [-0.2, 0) is 9.53 Å². The summed E-state index contributed by atoms with van der Waals surface area (Å²) in [6.45, 7) is 7.54. The fourth-order valence-corrected chi connectivity index (χ4v) is 2.63. The first-order valence-corrected chi connectivity index (χ1v) is 8.79. The highest BCUT2D eigenvalue weighted by Crippen LogP contribution is 2.23. The van der Waals surface area contributed by atoms with Gasteiger partial charge in [-0.2, -0.15) is 0 Å². The van der Waals surface area contributed by atoms with Gasteiger partial charge in [0, 0.05) is 38.5 Å². The van der Waals surface area contributed by atoms with Crippen molar-refractivity contribution in [1.82, 2.24) is 10.2 Å². The molecule has 1 saturated heterocycles. The maximum atomic E-state index is 12.5. The number of rotatable bonds is 10. The molecular weight excluding hydrogens is 322 g/mol. The molecule has 0 bridgehead atoms. The van der Waals surface area contributed by atoms with Gasteiger partial charge in [-0.05, 0) is 44.5 Å². The van der Waals surface area contributed by atoms with E-state index in [2.05, 4.69) is 5.32 Å². The maximum absolute atomic E-state index is 12.5. The van der Waals surface area contributed by atoms with Gasteiger partial charge in [-0.3, -0.25) is 9.69 Å². The molecule has 1 N–H and O–H groups in total. The third-order valence-electron chi connectivity index (χ3n) is 3.88. The van der Waals surface area contributed by atoms with Gasteiger partial charge in [0.15, 0.2) is 0 Å². The molecule has 1 aromatic carbocycles. The summed E-state index contributed by atoms with van der Waals surface area (Å²) < 4.78 is 10.6. The number of ether oxygens (including phenoxy) is 2. The second-order valence-corrected chi connectivity index (χ2v) is 5.68. The van der Waals surface area contributed by atoms with Crippen molar-refractivity contribution in [1.29, 1.82) is 0 Å². The normalized spacial score (nSPS) is 14.1. The SMILES string of the molecule is CCOCCCNC(=O)CN1CCN(c2ccc(OCC)cc2)C1=O. The predicted octanol–water partition coefficient (Wildman–Crippen LogP) is 1.87. The Morgan fingerprint density at radius 3 is 2.60 bits per heavy atom. The van der Waals surface area contributed by atoms with E-state index in [1.165, 1.54) is 0 Å². The Kier molecular flexibility index (Phi) is 7.53. The number of benzene rings is 1. The zero-order chi connectivity index (χ0) is 18.1. The van der Waals surface area contributed by atoms with Gasteiger partial charge in [0.1, 0.15) is 12.3 Å². The molecule has 1 heterocycles. The number of anilines is 1. The van der Waals surface area contributed by atoms with Crippen molar-refractivity contribution in [2.75, 3.05) is 50.9 Å². The average Bonchev–Trinajstić information content (AvgIpc) is 2.96. The first kappa shape index (κ1) is 19.1. The molecule has 0 aliphatic carbocycles. The molecule has 0 saturated carbocycles. The quantitative estimate of drug-likeness (QED) is 0.655. The Morgan fingerprint density at radius 1 is 1.16 bits per heavy atom. The van der Waals surface area contributed by atoms with E-state index >= 15 is 0 Å². The Morgan fingerprint density at radius 2 is 1.92 bits per heavy atom. The summed E-state index contributed by atoms with van der Waals surface area (Å²) in [7, 11) is 0. The second kappa shape index (κ2) is 9.88. The van der Waals surface area contributed by atoms with Crippen LogP contribution in [0.15, 0.2) is 24.3 Å². The summed E-state index contributed by atoms with van der Waals surface area (Å²) in [5.41, 5.74) is 0.813. The van der Waals surface area contributed by atoms with E-state index in [1.54, 1.807) is 9.80 Å². The zero-order valence-electron chi connectivity index (χ0n) is 15.0. The van der Waals surface area contributed by atoms with Crippen LogP contribution >= 0.6 is 0 Å². The van der Waals surface area contributed by atoms with Gasteiger partial charge >= 0.3 is 6.03 Å². The van der Waals surface area contributed by atoms with Crippen LogP contribution < -0.4 is 15.0 Å². The summed E-state index contributed by atoms with van der Waals surface area (Å²) in [6, 6.07) is 7.27. The summed E-state index contributed by atoms with van der Waals surface area (Å²) in [5.74, 6) is 0.638. The molecule has 7 heteroatoms. The number of nitrogens with one attached hydrogen (secondary N) is 1. The first-order chi connectivity index (χ1) is 12.2. The van der Waals surface area contributed by atoms with Crippen molar-refractivity contribution in [3.05, 3.63) is 24.3 Å². The molecule has 0 spiro atoms. The number of nitrogens with zero attached hydrogens (tertiary/aromatic N) is 2. The van der Waals surface area contributed by atoms with Crippen LogP contribution in [0, 0.1) is 0 Å². The summed E-state index contributed by atoms with van der Waals surface area (Å²) in [5, 5.41) is 2.82. The van der Waals surface area contributed by atoms with Crippen LogP contribution in [0.1, 0.15) is 20.3 Å². The van der Waals surface area contributed by atoms with Crippen LogP contribution in [-0.4, -0.2) is 62.8 Å². The van der Waals surface area contributed by atoms with Crippen molar-refractivity contribution in [2.24, 2.45) is 0 Å². The van der Waals surface area contributed by atoms with E-state index in [9.17, 15) is 9.59 Å². The van der Waals surface area contributed by atoms with Gasteiger partial charge < -0.3 is 19.7 Å². The minimum atomic E-state index is -0.145. The third-order valence-corrected chi connectivity index (χ3v) is 3.88. The lowest BCUT2D eigenvalue weighted by atomic mass is 10.3. The molecule has 0 radical (unpaired) electrons. The zero-order valence-corrected chi connectivity index (χ0v) is 15.0. The van der Waals surface area contributed by atoms with E-state index in [0.29, 0.717) is 39.5 Å². The molecule has 0 aromatic heterocycles. The Hall–Kier alpha value is -2.28. The smallest absolute Gasteiger partial charge is 0.325 e. The van der Waals surface area contributed by atoms with E-state index in [4.69, 9.17) is 9.47 Å². The van der Waals surface area contributed by atoms with E-state index in [0.717, 1.165) is 17.9 Å². The van der Waals surface area contributed by atoms with Crippen molar-refractivity contribution < 1.29 is 19.1 Å². The molecule has 25 heavy (non-hydrogen) atoms. The molecule has 7 nitrogen and oxygen atoms in total. The maximum Gasteiger partial charge on any atom is 0.325 e. The van der Waals surface area contributed by atoms with Crippen molar-refractivity contribution in [3.63, 3.8) is 0 Å². The minimum Gasteiger partial charge on any atom is -0.494 e. The number of carbonyl (C=O) groups is 2. The molecule has 1 fully saturated rings. The van der Waals surface area contributed by atoms with Crippen LogP contribution in [0.5, 0.6) is 5.75 Å². The largest absolute Gasteiger partial charge is 0.494 e. The fourth-order valence-electron chi connectivity index (χ4n) is 2.63. The molecule has 1 aliphatic heterocycles. The molecule has 3 amide bonds. The van der Waals surface area contributed by atoms with Gasteiger partial charge in [0.25, 0.3) is 0 Å².